The lowest BCUT2D eigenvalue weighted by Crippen LogP contribution is -2.48. The van der Waals surface area contributed by atoms with Gasteiger partial charge < -0.3 is 4.74 Å². The van der Waals surface area contributed by atoms with E-state index in [2.05, 4.69) is 44.9 Å². The number of nitriles is 1. The van der Waals surface area contributed by atoms with Gasteiger partial charge in [0.1, 0.15) is 6.61 Å². The minimum absolute atomic E-state index is 0.430. The molecule has 0 bridgehead atoms. The van der Waals surface area contributed by atoms with Gasteiger partial charge >= 0.3 is 6.01 Å². The van der Waals surface area contributed by atoms with Gasteiger partial charge in [-0.15, -0.1) is 0 Å². The Morgan fingerprint density at radius 1 is 1.13 bits per heavy atom. The first-order valence-corrected chi connectivity index (χ1v) is 11.1. The summed E-state index contributed by atoms with van der Waals surface area (Å²) in [6, 6.07) is 11.3. The Morgan fingerprint density at radius 3 is 2.57 bits per heavy atom. The maximum atomic E-state index is 9.26. The van der Waals surface area contributed by atoms with Crippen LogP contribution < -0.4 is 4.74 Å². The van der Waals surface area contributed by atoms with Crippen LogP contribution in [0.2, 0.25) is 0 Å². The van der Waals surface area contributed by atoms with E-state index in [1.54, 1.807) is 18.5 Å². The predicted molar refractivity (Wildman–Crippen MR) is 118 cm³/mol. The van der Waals surface area contributed by atoms with Gasteiger partial charge in [0.25, 0.3) is 0 Å². The van der Waals surface area contributed by atoms with Crippen LogP contribution in [0.1, 0.15) is 55.3 Å². The molecule has 30 heavy (non-hydrogen) atoms. The normalized spacial score (nSPS) is 16.2. The molecule has 0 spiro atoms. The Hall–Kier alpha value is -2.49. The Labute approximate surface area is 180 Å². The summed E-state index contributed by atoms with van der Waals surface area (Å²) in [5, 5.41) is 9.26. The van der Waals surface area contributed by atoms with E-state index in [0.717, 1.165) is 43.9 Å². The van der Waals surface area contributed by atoms with Crippen LogP contribution in [-0.2, 0) is 0 Å². The number of ether oxygens (including phenoxy) is 1. The van der Waals surface area contributed by atoms with Crippen molar-refractivity contribution in [1.82, 2.24) is 19.8 Å². The van der Waals surface area contributed by atoms with Crippen molar-refractivity contribution >= 4 is 0 Å². The van der Waals surface area contributed by atoms with E-state index in [1.165, 1.54) is 31.2 Å². The van der Waals surface area contributed by atoms with E-state index in [4.69, 9.17) is 4.74 Å². The molecule has 160 valence electrons. The highest BCUT2D eigenvalue weighted by Crippen LogP contribution is 2.29. The summed E-state index contributed by atoms with van der Waals surface area (Å²) >= 11 is 0. The summed E-state index contributed by atoms with van der Waals surface area (Å²) in [5.74, 6) is 0. The molecule has 2 heterocycles. The molecular weight excluding hydrogens is 374 g/mol. The molecule has 1 fully saturated rings. The molecule has 0 amide bonds. The smallest absolute Gasteiger partial charge is 0.316 e. The van der Waals surface area contributed by atoms with Crippen molar-refractivity contribution < 1.29 is 4.74 Å². The lowest BCUT2D eigenvalue weighted by Gasteiger charge is -2.39. The Kier molecular flexibility index (Phi) is 8.61. The zero-order valence-electron chi connectivity index (χ0n) is 18.3. The molecular formula is C24H33N5O. The van der Waals surface area contributed by atoms with Crippen LogP contribution in [0.25, 0.3) is 0 Å². The molecule has 1 aromatic heterocycles. The van der Waals surface area contributed by atoms with Crippen LogP contribution in [0.5, 0.6) is 6.01 Å². The monoisotopic (exact) mass is 407 g/mol. The average molecular weight is 408 g/mol. The van der Waals surface area contributed by atoms with Crippen LogP contribution >= 0.6 is 0 Å². The van der Waals surface area contributed by atoms with Crippen LogP contribution in [0.4, 0.5) is 0 Å². The third kappa shape index (κ3) is 6.25. The highest BCUT2D eigenvalue weighted by Gasteiger charge is 2.25. The molecule has 6 nitrogen and oxygen atoms in total. The van der Waals surface area contributed by atoms with Gasteiger partial charge in [-0.3, -0.25) is 9.80 Å². The standard InChI is InChI=1S/C24H33N5O/c1-3-4-5-7-23(21-8-9-22(19-25)20(2)18-21)29-14-12-28(13-15-29)16-17-30-24-26-10-6-11-27-24/h6,8-11,18,23H,3-5,7,12-17H2,1-2H3. The van der Waals surface area contributed by atoms with Crippen LogP contribution in [0.15, 0.2) is 36.7 Å². The van der Waals surface area contributed by atoms with Crippen molar-refractivity contribution in [1.29, 1.82) is 5.26 Å². The van der Waals surface area contributed by atoms with E-state index in [9.17, 15) is 5.26 Å². The highest BCUT2D eigenvalue weighted by molar-refractivity contribution is 5.40. The van der Waals surface area contributed by atoms with Gasteiger partial charge in [-0.25, -0.2) is 9.97 Å². The molecule has 1 aromatic carbocycles. The molecule has 1 unspecified atom stereocenters. The largest absolute Gasteiger partial charge is 0.462 e. The number of piperazine rings is 1. The summed E-state index contributed by atoms with van der Waals surface area (Å²) < 4.78 is 5.65. The second-order valence-electron chi connectivity index (χ2n) is 7.96. The van der Waals surface area contributed by atoms with Gasteiger partial charge in [0.05, 0.1) is 11.6 Å². The lowest BCUT2D eigenvalue weighted by atomic mass is 9.95. The van der Waals surface area contributed by atoms with E-state index in [1.807, 2.05) is 13.0 Å². The van der Waals surface area contributed by atoms with Gasteiger partial charge in [0.2, 0.25) is 0 Å². The molecule has 1 saturated heterocycles. The molecule has 6 heteroatoms. The van der Waals surface area contributed by atoms with Crippen molar-refractivity contribution in [2.75, 3.05) is 39.3 Å². The Morgan fingerprint density at radius 2 is 1.90 bits per heavy atom. The molecule has 0 aliphatic carbocycles. The molecule has 2 aromatic rings. The first kappa shape index (κ1) is 22.2. The summed E-state index contributed by atoms with van der Waals surface area (Å²) in [7, 11) is 0. The number of unbranched alkanes of at least 4 members (excludes halogenated alkanes) is 2. The number of benzene rings is 1. The molecule has 0 radical (unpaired) electrons. The minimum Gasteiger partial charge on any atom is -0.462 e. The van der Waals surface area contributed by atoms with E-state index >= 15 is 0 Å². The molecule has 1 aliphatic rings. The summed E-state index contributed by atoms with van der Waals surface area (Å²) in [4.78, 5) is 13.3. The molecule has 3 rings (SSSR count). The van der Waals surface area contributed by atoms with E-state index < -0.39 is 0 Å². The summed E-state index contributed by atoms with van der Waals surface area (Å²) in [5.41, 5.74) is 3.20. The number of hydrogen-bond acceptors (Lipinski definition) is 6. The Bertz CT molecular complexity index is 812. The fourth-order valence-corrected chi connectivity index (χ4v) is 4.09. The summed E-state index contributed by atoms with van der Waals surface area (Å²) in [6.45, 7) is 9.98. The third-order valence-corrected chi connectivity index (χ3v) is 5.87. The number of hydrogen-bond donors (Lipinski definition) is 0. The molecule has 0 saturated carbocycles. The molecule has 1 atom stereocenters. The second-order valence-corrected chi connectivity index (χ2v) is 7.96. The van der Waals surface area contributed by atoms with Crippen molar-refractivity contribution in [3.8, 4) is 12.1 Å². The highest BCUT2D eigenvalue weighted by atomic mass is 16.5. The maximum absolute atomic E-state index is 9.26. The quantitative estimate of drug-likeness (QED) is 0.555. The number of rotatable bonds is 10. The predicted octanol–water partition coefficient (Wildman–Crippen LogP) is 3.97. The number of aromatic nitrogens is 2. The minimum atomic E-state index is 0.430. The van der Waals surface area contributed by atoms with E-state index in [0.29, 0.717) is 18.7 Å². The Balaban J connectivity index is 1.55. The van der Waals surface area contributed by atoms with Gasteiger partial charge in [-0.2, -0.15) is 5.26 Å². The first-order chi connectivity index (χ1) is 14.7. The number of nitrogens with zero attached hydrogens (tertiary/aromatic N) is 5. The maximum Gasteiger partial charge on any atom is 0.316 e. The topological polar surface area (TPSA) is 65.3 Å². The van der Waals surface area contributed by atoms with Gasteiger partial charge in [0, 0.05) is 51.2 Å². The van der Waals surface area contributed by atoms with Gasteiger partial charge in [-0.05, 0) is 36.6 Å². The van der Waals surface area contributed by atoms with Crippen molar-refractivity contribution in [2.45, 2.75) is 45.6 Å². The van der Waals surface area contributed by atoms with Crippen molar-refractivity contribution in [3.63, 3.8) is 0 Å². The second kappa shape index (κ2) is 11.6. The van der Waals surface area contributed by atoms with Gasteiger partial charge in [-0.1, -0.05) is 38.3 Å². The average Bonchev–Trinajstić information content (AvgIpc) is 2.78. The fraction of sp³-hybridized carbons (Fsp3) is 0.542. The molecule has 1 aliphatic heterocycles. The van der Waals surface area contributed by atoms with E-state index in [-0.39, 0.29) is 0 Å². The van der Waals surface area contributed by atoms with Crippen molar-refractivity contribution in [3.05, 3.63) is 53.3 Å². The lowest BCUT2D eigenvalue weighted by molar-refractivity contribution is 0.0807. The van der Waals surface area contributed by atoms with Crippen molar-refractivity contribution in [2.24, 2.45) is 0 Å². The van der Waals surface area contributed by atoms with Crippen LogP contribution in [0, 0.1) is 18.3 Å². The fourth-order valence-electron chi connectivity index (χ4n) is 4.09. The SMILES string of the molecule is CCCCCC(c1ccc(C#N)c(C)c1)N1CCN(CCOc2ncccn2)CC1. The number of aryl methyl sites for hydroxylation is 1. The molecule has 0 N–H and O–H groups in total. The third-order valence-electron chi connectivity index (χ3n) is 5.87. The zero-order chi connectivity index (χ0) is 21.2. The van der Waals surface area contributed by atoms with Crippen LogP contribution in [0.3, 0.4) is 0 Å². The van der Waals surface area contributed by atoms with Gasteiger partial charge in [0.15, 0.2) is 0 Å². The first-order valence-electron chi connectivity index (χ1n) is 11.1. The van der Waals surface area contributed by atoms with Crippen LogP contribution in [-0.4, -0.2) is 59.1 Å². The zero-order valence-corrected chi connectivity index (χ0v) is 18.3. The summed E-state index contributed by atoms with van der Waals surface area (Å²) in [6.07, 6.45) is 8.32.